The maximum atomic E-state index is 10.2. The first-order valence-corrected chi connectivity index (χ1v) is 4.56. The summed E-state index contributed by atoms with van der Waals surface area (Å²) in [4.78, 5) is 10.2. The summed E-state index contributed by atoms with van der Waals surface area (Å²) in [7, 11) is 0. The van der Waals surface area contributed by atoms with Crippen LogP contribution in [0.15, 0.2) is 23.8 Å². The average Bonchev–Trinajstić information content (AvgIpc) is 2.08. The van der Waals surface area contributed by atoms with Crippen LogP contribution < -0.4 is 0 Å². The van der Waals surface area contributed by atoms with E-state index in [9.17, 15) is 4.79 Å². The fourth-order valence-electron chi connectivity index (χ4n) is 1.63. The molecule has 0 amide bonds. The van der Waals surface area contributed by atoms with Gasteiger partial charge in [-0.05, 0) is 38.2 Å². The Labute approximate surface area is 79.3 Å². The van der Waals surface area contributed by atoms with Gasteiger partial charge in [-0.3, -0.25) is 4.79 Å². The van der Waals surface area contributed by atoms with Crippen LogP contribution in [0.25, 0.3) is 0 Å². The van der Waals surface area contributed by atoms with Crippen molar-refractivity contribution in [2.75, 3.05) is 0 Å². The van der Waals surface area contributed by atoms with E-state index in [0.29, 0.717) is 12.4 Å². The van der Waals surface area contributed by atoms with Crippen molar-refractivity contribution < 1.29 is 9.53 Å². The van der Waals surface area contributed by atoms with Crippen molar-refractivity contribution in [3.8, 4) is 0 Å². The van der Waals surface area contributed by atoms with Gasteiger partial charge >= 0.3 is 0 Å². The topological polar surface area (TPSA) is 26.3 Å². The molecular weight excluding hydrogens is 164 g/mol. The van der Waals surface area contributed by atoms with Crippen molar-refractivity contribution in [2.24, 2.45) is 5.92 Å². The Bertz CT molecular complexity index is 240. The first-order valence-electron chi connectivity index (χ1n) is 4.56. The van der Waals surface area contributed by atoms with Gasteiger partial charge in [-0.2, -0.15) is 0 Å². The van der Waals surface area contributed by atoms with E-state index in [-0.39, 0.29) is 6.10 Å². The Balaban J connectivity index is 2.65. The molecule has 0 aromatic rings. The Morgan fingerprint density at radius 1 is 1.77 bits per heavy atom. The molecule has 0 spiro atoms. The van der Waals surface area contributed by atoms with Gasteiger partial charge in [-0.1, -0.05) is 18.2 Å². The SMILES string of the molecule is C=C(C)C1CC=C(C)C(OC=O)C1. The first-order chi connectivity index (χ1) is 6.15. The number of hydrogen-bond acceptors (Lipinski definition) is 2. The van der Waals surface area contributed by atoms with Crippen molar-refractivity contribution in [1.82, 2.24) is 0 Å². The molecule has 72 valence electrons. The zero-order valence-corrected chi connectivity index (χ0v) is 8.25. The van der Waals surface area contributed by atoms with E-state index in [1.807, 2.05) is 13.8 Å². The van der Waals surface area contributed by atoms with Crippen LogP contribution in [-0.4, -0.2) is 12.6 Å². The molecule has 1 aliphatic carbocycles. The standard InChI is InChI=1S/C11H16O2/c1-8(2)10-5-4-9(3)11(6-10)13-7-12/h4,7,10-11H,1,5-6H2,2-3H3. The summed E-state index contributed by atoms with van der Waals surface area (Å²) in [5.41, 5.74) is 2.33. The highest BCUT2D eigenvalue weighted by molar-refractivity contribution is 5.39. The van der Waals surface area contributed by atoms with Crippen molar-refractivity contribution in [3.63, 3.8) is 0 Å². The van der Waals surface area contributed by atoms with Crippen LogP contribution in [0, 0.1) is 5.92 Å². The van der Waals surface area contributed by atoms with Gasteiger partial charge in [0.1, 0.15) is 6.10 Å². The second-order valence-electron chi connectivity index (χ2n) is 3.68. The zero-order valence-electron chi connectivity index (χ0n) is 8.25. The maximum Gasteiger partial charge on any atom is 0.293 e. The number of rotatable bonds is 3. The maximum absolute atomic E-state index is 10.2. The van der Waals surface area contributed by atoms with Gasteiger partial charge in [0.05, 0.1) is 0 Å². The zero-order chi connectivity index (χ0) is 9.84. The van der Waals surface area contributed by atoms with E-state index in [2.05, 4.69) is 12.7 Å². The van der Waals surface area contributed by atoms with Crippen LogP contribution in [0.2, 0.25) is 0 Å². The van der Waals surface area contributed by atoms with E-state index in [4.69, 9.17) is 4.74 Å². The van der Waals surface area contributed by atoms with Gasteiger partial charge in [0, 0.05) is 0 Å². The summed E-state index contributed by atoms with van der Waals surface area (Å²) < 4.78 is 4.99. The molecule has 0 radical (unpaired) electrons. The van der Waals surface area contributed by atoms with Crippen LogP contribution in [0.4, 0.5) is 0 Å². The van der Waals surface area contributed by atoms with E-state index in [1.54, 1.807) is 0 Å². The lowest BCUT2D eigenvalue weighted by Crippen LogP contribution is -2.22. The lowest BCUT2D eigenvalue weighted by molar-refractivity contribution is -0.132. The largest absolute Gasteiger partial charge is 0.460 e. The van der Waals surface area contributed by atoms with Gasteiger partial charge in [-0.25, -0.2) is 0 Å². The molecule has 1 aliphatic rings. The molecule has 1 rings (SSSR count). The van der Waals surface area contributed by atoms with Gasteiger partial charge in [0.25, 0.3) is 6.47 Å². The monoisotopic (exact) mass is 180 g/mol. The summed E-state index contributed by atoms with van der Waals surface area (Å²) >= 11 is 0. The summed E-state index contributed by atoms with van der Waals surface area (Å²) in [6.07, 6.45) is 4.01. The number of allylic oxidation sites excluding steroid dienone is 2. The molecule has 2 unspecified atom stereocenters. The molecule has 0 bridgehead atoms. The predicted octanol–water partition coefficient (Wildman–Crippen LogP) is 2.46. The molecule has 2 nitrogen and oxygen atoms in total. The van der Waals surface area contributed by atoms with Crippen molar-refractivity contribution in [1.29, 1.82) is 0 Å². The highest BCUT2D eigenvalue weighted by atomic mass is 16.5. The Kier molecular flexibility index (Phi) is 3.29. The number of carbonyl (C=O) groups excluding carboxylic acids is 1. The summed E-state index contributed by atoms with van der Waals surface area (Å²) in [5.74, 6) is 0.466. The van der Waals surface area contributed by atoms with E-state index in [0.717, 1.165) is 18.4 Å². The van der Waals surface area contributed by atoms with Gasteiger partial charge < -0.3 is 4.74 Å². The molecule has 0 saturated heterocycles. The number of ether oxygens (including phenoxy) is 1. The summed E-state index contributed by atoms with van der Waals surface area (Å²) in [5, 5.41) is 0. The molecule has 2 atom stereocenters. The van der Waals surface area contributed by atoms with Crippen LogP contribution in [-0.2, 0) is 9.53 Å². The third kappa shape index (κ3) is 2.44. The molecule has 0 aliphatic heterocycles. The Morgan fingerprint density at radius 3 is 3.00 bits per heavy atom. The summed E-state index contributed by atoms with van der Waals surface area (Å²) in [6, 6.07) is 0. The molecule has 0 aromatic heterocycles. The quantitative estimate of drug-likeness (QED) is 0.492. The molecule has 0 N–H and O–H groups in total. The fraction of sp³-hybridized carbons (Fsp3) is 0.545. The molecule has 0 fully saturated rings. The smallest absolute Gasteiger partial charge is 0.293 e. The molecule has 0 saturated carbocycles. The van der Waals surface area contributed by atoms with Crippen molar-refractivity contribution in [2.45, 2.75) is 32.8 Å². The molecule has 13 heavy (non-hydrogen) atoms. The first kappa shape index (κ1) is 10.0. The number of hydrogen-bond donors (Lipinski definition) is 0. The van der Waals surface area contributed by atoms with E-state index < -0.39 is 0 Å². The lowest BCUT2D eigenvalue weighted by Gasteiger charge is -2.27. The average molecular weight is 180 g/mol. The minimum absolute atomic E-state index is 0.0343. The van der Waals surface area contributed by atoms with E-state index in [1.165, 1.54) is 5.57 Å². The van der Waals surface area contributed by atoms with Crippen LogP contribution in [0.1, 0.15) is 26.7 Å². The highest BCUT2D eigenvalue weighted by Gasteiger charge is 2.23. The van der Waals surface area contributed by atoms with Crippen LogP contribution >= 0.6 is 0 Å². The fourth-order valence-corrected chi connectivity index (χ4v) is 1.63. The number of carbonyl (C=O) groups is 1. The highest BCUT2D eigenvalue weighted by Crippen LogP contribution is 2.29. The van der Waals surface area contributed by atoms with E-state index >= 15 is 0 Å². The minimum atomic E-state index is -0.0343. The van der Waals surface area contributed by atoms with Gasteiger partial charge in [0.2, 0.25) is 0 Å². The Morgan fingerprint density at radius 2 is 2.46 bits per heavy atom. The minimum Gasteiger partial charge on any atom is -0.460 e. The van der Waals surface area contributed by atoms with Gasteiger partial charge in [0.15, 0.2) is 0 Å². The normalized spacial score (nSPS) is 27.7. The second kappa shape index (κ2) is 4.26. The van der Waals surface area contributed by atoms with Crippen molar-refractivity contribution in [3.05, 3.63) is 23.8 Å². The predicted molar refractivity (Wildman–Crippen MR) is 52.2 cm³/mol. The van der Waals surface area contributed by atoms with Crippen LogP contribution in [0.5, 0.6) is 0 Å². The third-order valence-corrected chi connectivity index (χ3v) is 2.65. The van der Waals surface area contributed by atoms with Gasteiger partial charge in [-0.15, -0.1) is 0 Å². The van der Waals surface area contributed by atoms with Crippen LogP contribution in [0.3, 0.4) is 0 Å². The molecule has 0 heterocycles. The second-order valence-corrected chi connectivity index (χ2v) is 3.68. The Hall–Kier alpha value is -1.05. The molecule has 2 heteroatoms. The summed E-state index contributed by atoms with van der Waals surface area (Å²) in [6.45, 7) is 8.48. The lowest BCUT2D eigenvalue weighted by atomic mass is 9.84. The van der Waals surface area contributed by atoms with Crippen molar-refractivity contribution >= 4 is 6.47 Å². The third-order valence-electron chi connectivity index (χ3n) is 2.65. The molecular formula is C11H16O2. The molecule has 0 aromatic carbocycles.